The Balaban J connectivity index is 1.31. The fourth-order valence-electron chi connectivity index (χ4n) is 5.12. The van der Waals surface area contributed by atoms with Gasteiger partial charge in [-0.05, 0) is 67.8 Å². The molecule has 0 aliphatic carbocycles. The van der Waals surface area contributed by atoms with Crippen molar-refractivity contribution in [2.75, 3.05) is 18.9 Å². The monoisotopic (exact) mass is 616 g/mol. The maximum absolute atomic E-state index is 13.5. The number of sulfonamides is 1. The summed E-state index contributed by atoms with van der Waals surface area (Å²) < 4.78 is 28.2. The van der Waals surface area contributed by atoms with Crippen LogP contribution in [0.3, 0.4) is 0 Å². The Morgan fingerprint density at radius 1 is 1.00 bits per heavy atom. The summed E-state index contributed by atoms with van der Waals surface area (Å²) in [4.78, 5) is 22.3. The quantitative estimate of drug-likeness (QED) is 0.206. The highest BCUT2D eigenvalue weighted by atomic mass is 32.2. The minimum Gasteiger partial charge on any atom is -0.313 e. The van der Waals surface area contributed by atoms with E-state index in [9.17, 15) is 13.2 Å². The molecule has 0 spiro atoms. The predicted octanol–water partition coefficient (Wildman–Crippen LogP) is 6.86. The van der Waals surface area contributed by atoms with E-state index in [-0.39, 0.29) is 16.8 Å². The second kappa shape index (κ2) is 11.7. The smallest absolute Gasteiger partial charge is 0.256 e. The fourth-order valence-corrected chi connectivity index (χ4v) is 8.89. The molecular weight excluding hydrogens is 585 g/mol. The summed E-state index contributed by atoms with van der Waals surface area (Å²) in [6.45, 7) is 6.24. The third-order valence-electron chi connectivity index (χ3n) is 7.64. The number of nitrogens with zero attached hydrogens (tertiary/aromatic N) is 3. The number of fused-ring (bicyclic) bond motifs is 2. The summed E-state index contributed by atoms with van der Waals surface area (Å²) >= 11 is 3.25. The molecule has 2 aromatic heterocycles. The highest BCUT2D eigenvalue weighted by Gasteiger charge is 2.28. The third kappa shape index (κ3) is 5.65. The van der Waals surface area contributed by atoms with Gasteiger partial charge in [-0.2, -0.15) is 4.31 Å². The Kier molecular flexibility index (Phi) is 7.99. The summed E-state index contributed by atoms with van der Waals surface area (Å²) in [7, 11) is -2.07. The fraction of sp³-hybridized carbons (Fsp3) is 0.250. The molecule has 0 fully saturated rings. The Bertz CT molecular complexity index is 1810. The van der Waals surface area contributed by atoms with Gasteiger partial charge in [0.15, 0.2) is 0 Å². The van der Waals surface area contributed by atoms with Crippen molar-refractivity contribution in [2.45, 2.75) is 44.3 Å². The number of carbonyl (C=O) groups excluding carboxylic acids is 1. The van der Waals surface area contributed by atoms with Crippen molar-refractivity contribution in [3.8, 4) is 10.6 Å². The Labute approximate surface area is 254 Å². The molecule has 0 saturated carbocycles. The van der Waals surface area contributed by atoms with E-state index < -0.39 is 10.0 Å². The van der Waals surface area contributed by atoms with Gasteiger partial charge in [-0.15, -0.1) is 22.7 Å². The molecule has 6 rings (SSSR count). The van der Waals surface area contributed by atoms with Gasteiger partial charge in [0.05, 0.1) is 15.1 Å². The second-order valence-corrected chi connectivity index (χ2v) is 14.9. The SMILES string of the molecule is CC(C)N(C)S(=O)(=O)c1ccc(C(=O)Nc2sc3c(c2-c2nc4ccccc4s2)CCN(Cc2ccccc2)C3)cc1. The zero-order valence-corrected chi connectivity index (χ0v) is 26.2. The molecule has 1 N–H and O–H groups in total. The van der Waals surface area contributed by atoms with Crippen LogP contribution in [-0.2, 0) is 29.5 Å². The minimum atomic E-state index is -3.63. The number of thiophene rings is 1. The van der Waals surface area contributed by atoms with Crippen LogP contribution in [0.15, 0.2) is 83.8 Å². The van der Waals surface area contributed by atoms with Gasteiger partial charge >= 0.3 is 0 Å². The molecule has 5 aromatic rings. The number of amides is 1. The van der Waals surface area contributed by atoms with Crippen LogP contribution in [0.2, 0.25) is 0 Å². The molecule has 3 heterocycles. The first kappa shape index (κ1) is 28.7. The maximum atomic E-state index is 13.5. The first-order chi connectivity index (χ1) is 20.2. The molecule has 0 atom stereocenters. The molecule has 42 heavy (non-hydrogen) atoms. The molecule has 0 bridgehead atoms. The van der Waals surface area contributed by atoms with Crippen molar-refractivity contribution < 1.29 is 13.2 Å². The van der Waals surface area contributed by atoms with Gasteiger partial charge in [-0.25, -0.2) is 13.4 Å². The number of hydrogen-bond donors (Lipinski definition) is 1. The molecule has 1 aliphatic heterocycles. The van der Waals surface area contributed by atoms with E-state index in [4.69, 9.17) is 4.98 Å². The number of hydrogen-bond acceptors (Lipinski definition) is 7. The van der Waals surface area contributed by atoms with Crippen molar-refractivity contribution in [2.24, 2.45) is 0 Å². The Morgan fingerprint density at radius 2 is 1.71 bits per heavy atom. The van der Waals surface area contributed by atoms with Gasteiger partial charge in [0.1, 0.15) is 10.0 Å². The lowest BCUT2D eigenvalue weighted by Gasteiger charge is -2.27. The molecule has 1 aliphatic rings. The third-order valence-corrected chi connectivity index (χ3v) is 11.9. The van der Waals surface area contributed by atoms with Crippen molar-refractivity contribution in [3.05, 3.63) is 100 Å². The summed E-state index contributed by atoms with van der Waals surface area (Å²) in [5.41, 5.74) is 4.87. The number of carbonyl (C=O) groups is 1. The first-order valence-electron chi connectivity index (χ1n) is 13.9. The van der Waals surface area contributed by atoms with E-state index in [2.05, 4.69) is 40.5 Å². The minimum absolute atomic E-state index is 0.163. The molecule has 0 saturated heterocycles. The van der Waals surface area contributed by atoms with Gasteiger partial charge < -0.3 is 5.32 Å². The standard InChI is InChI=1S/C32H32N4O3S3/c1-21(2)35(3)42(38,39)24-15-13-23(14-16-24)30(37)34-32-29(31-33-26-11-7-8-12-27(26)40-31)25-17-18-36(20-28(25)41-32)19-22-9-5-4-6-10-22/h4-16,21H,17-20H2,1-3H3,(H,34,37). The molecule has 3 aromatic carbocycles. The number of anilines is 1. The summed E-state index contributed by atoms with van der Waals surface area (Å²) in [5.74, 6) is -0.279. The van der Waals surface area contributed by atoms with E-state index in [0.29, 0.717) is 5.56 Å². The van der Waals surface area contributed by atoms with Gasteiger partial charge in [-0.3, -0.25) is 9.69 Å². The molecular formula is C32H32N4O3S3. The lowest BCUT2D eigenvalue weighted by atomic mass is 10.0. The van der Waals surface area contributed by atoms with Crippen LogP contribution >= 0.6 is 22.7 Å². The van der Waals surface area contributed by atoms with Crippen LogP contribution in [0.5, 0.6) is 0 Å². The number of aromatic nitrogens is 1. The van der Waals surface area contributed by atoms with E-state index in [1.54, 1.807) is 41.9 Å². The normalized spacial score (nSPS) is 14.0. The molecule has 0 unspecified atom stereocenters. The summed E-state index contributed by atoms with van der Waals surface area (Å²) in [6.07, 6.45) is 0.871. The highest BCUT2D eigenvalue weighted by Crippen LogP contribution is 2.46. The number of thiazole rings is 1. The Hall–Kier alpha value is -3.41. The van der Waals surface area contributed by atoms with E-state index in [1.807, 2.05) is 38.1 Å². The topological polar surface area (TPSA) is 82.6 Å². The van der Waals surface area contributed by atoms with Gasteiger partial charge in [-0.1, -0.05) is 42.5 Å². The van der Waals surface area contributed by atoms with E-state index in [1.165, 1.54) is 32.4 Å². The highest BCUT2D eigenvalue weighted by molar-refractivity contribution is 7.89. The number of nitrogens with one attached hydrogen (secondary N) is 1. The number of benzene rings is 3. The average molecular weight is 617 g/mol. The average Bonchev–Trinajstić information content (AvgIpc) is 3.57. The van der Waals surface area contributed by atoms with Crippen LogP contribution in [0, 0.1) is 0 Å². The van der Waals surface area contributed by atoms with Gasteiger partial charge in [0, 0.05) is 48.7 Å². The molecule has 7 nitrogen and oxygen atoms in total. The lowest BCUT2D eigenvalue weighted by Crippen LogP contribution is -2.33. The van der Waals surface area contributed by atoms with Crippen LogP contribution < -0.4 is 5.32 Å². The molecule has 216 valence electrons. The van der Waals surface area contributed by atoms with Crippen molar-refractivity contribution in [3.63, 3.8) is 0 Å². The maximum Gasteiger partial charge on any atom is 0.256 e. The summed E-state index contributed by atoms with van der Waals surface area (Å²) in [6, 6.07) is 24.5. The number of para-hydroxylation sites is 1. The van der Waals surface area contributed by atoms with Crippen LogP contribution in [0.25, 0.3) is 20.8 Å². The molecule has 0 radical (unpaired) electrons. The van der Waals surface area contributed by atoms with E-state index in [0.717, 1.165) is 51.8 Å². The second-order valence-electron chi connectivity index (χ2n) is 10.7. The van der Waals surface area contributed by atoms with Crippen molar-refractivity contribution >= 4 is 53.8 Å². The Morgan fingerprint density at radius 3 is 2.43 bits per heavy atom. The van der Waals surface area contributed by atoms with Crippen molar-refractivity contribution in [1.29, 1.82) is 0 Å². The summed E-state index contributed by atoms with van der Waals surface area (Å²) in [5, 5.41) is 4.84. The lowest BCUT2D eigenvalue weighted by molar-refractivity contribution is 0.102. The zero-order chi connectivity index (χ0) is 29.4. The van der Waals surface area contributed by atoms with Crippen molar-refractivity contribution in [1.82, 2.24) is 14.2 Å². The van der Waals surface area contributed by atoms with Gasteiger partial charge in [0.2, 0.25) is 10.0 Å². The predicted molar refractivity (Wildman–Crippen MR) is 172 cm³/mol. The van der Waals surface area contributed by atoms with Crippen LogP contribution in [-0.4, -0.2) is 48.1 Å². The van der Waals surface area contributed by atoms with Gasteiger partial charge in [0.25, 0.3) is 5.91 Å². The molecule has 1 amide bonds. The number of rotatable bonds is 8. The largest absolute Gasteiger partial charge is 0.313 e. The molecule has 10 heteroatoms. The van der Waals surface area contributed by atoms with Crippen LogP contribution in [0.1, 0.15) is 40.2 Å². The van der Waals surface area contributed by atoms with E-state index >= 15 is 0 Å². The van der Waals surface area contributed by atoms with Crippen LogP contribution in [0.4, 0.5) is 5.00 Å². The zero-order valence-electron chi connectivity index (χ0n) is 23.7. The first-order valence-corrected chi connectivity index (χ1v) is 16.9.